The van der Waals surface area contributed by atoms with Crippen molar-refractivity contribution in [1.82, 2.24) is 0 Å². The van der Waals surface area contributed by atoms with Gasteiger partial charge in [-0.1, -0.05) is 98.5 Å². The van der Waals surface area contributed by atoms with Crippen molar-refractivity contribution in [2.75, 3.05) is 11.9 Å². The minimum absolute atomic E-state index is 0.211. The highest BCUT2D eigenvalue weighted by Crippen LogP contribution is 2.38. The lowest BCUT2D eigenvalue weighted by molar-refractivity contribution is 0.475. The van der Waals surface area contributed by atoms with Gasteiger partial charge in [-0.2, -0.15) is 5.26 Å². The molecule has 0 radical (unpaired) electrons. The Morgan fingerprint density at radius 3 is 2.46 bits per heavy atom. The van der Waals surface area contributed by atoms with Gasteiger partial charge in [-0.3, -0.25) is 0 Å². The number of nitrogens with zero attached hydrogens (tertiary/aromatic N) is 1. The number of rotatable bonds is 10. The van der Waals surface area contributed by atoms with Gasteiger partial charge in [0.25, 0.3) is 0 Å². The van der Waals surface area contributed by atoms with Crippen molar-refractivity contribution >= 4 is 5.69 Å². The fourth-order valence-corrected chi connectivity index (χ4v) is 4.06. The molecule has 1 N–H and O–H groups in total. The highest BCUT2D eigenvalue weighted by molar-refractivity contribution is 5.57. The first-order chi connectivity index (χ1) is 16.6. The van der Waals surface area contributed by atoms with Crippen LogP contribution in [0, 0.1) is 35.5 Å². The van der Waals surface area contributed by atoms with Crippen LogP contribution >= 0.6 is 0 Å². The van der Waals surface area contributed by atoms with Gasteiger partial charge in [-0.05, 0) is 69.7 Å². The van der Waals surface area contributed by atoms with Gasteiger partial charge in [0.1, 0.15) is 6.07 Å². The molecule has 2 aromatic rings. The van der Waals surface area contributed by atoms with E-state index < -0.39 is 5.41 Å². The summed E-state index contributed by atoms with van der Waals surface area (Å²) in [7, 11) is 0. The molecule has 0 aliphatic heterocycles. The molecule has 2 aromatic carbocycles. The second-order valence-corrected chi connectivity index (χ2v) is 10.0. The average Bonchev–Trinajstić information content (AvgIpc) is 2.84. The molecule has 2 nitrogen and oxygen atoms in total. The monoisotopic (exact) mass is 464 g/mol. The van der Waals surface area contributed by atoms with E-state index in [0.29, 0.717) is 12.0 Å². The van der Waals surface area contributed by atoms with Crippen LogP contribution in [-0.2, 0) is 11.8 Å². The van der Waals surface area contributed by atoms with Crippen LogP contribution in [0.25, 0.3) is 0 Å². The molecule has 35 heavy (non-hydrogen) atoms. The Morgan fingerprint density at radius 1 is 1.11 bits per heavy atom. The summed E-state index contributed by atoms with van der Waals surface area (Å²) in [4.78, 5) is 0. The predicted molar refractivity (Wildman–Crippen MR) is 151 cm³/mol. The number of allylic oxidation sites excluding steroid dienone is 5. The third-order valence-corrected chi connectivity index (χ3v) is 6.39. The van der Waals surface area contributed by atoms with Crippen LogP contribution in [0.15, 0.2) is 84.5 Å². The van der Waals surface area contributed by atoms with E-state index in [9.17, 15) is 5.26 Å². The zero-order chi connectivity index (χ0) is 25.9. The molecule has 2 rings (SSSR count). The molecule has 182 valence electrons. The van der Waals surface area contributed by atoms with Crippen molar-refractivity contribution in [3.05, 3.63) is 101 Å². The van der Waals surface area contributed by atoms with Crippen LogP contribution in [0.5, 0.6) is 0 Å². The van der Waals surface area contributed by atoms with E-state index in [2.05, 4.69) is 93.0 Å². The fraction of sp³-hybridized carbons (Fsp3) is 0.364. The minimum Gasteiger partial charge on any atom is -0.385 e. The van der Waals surface area contributed by atoms with E-state index in [4.69, 9.17) is 0 Å². The molecule has 0 fully saturated rings. The van der Waals surface area contributed by atoms with Crippen LogP contribution in [-0.4, -0.2) is 6.54 Å². The van der Waals surface area contributed by atoms with Crippen molar-refractivity contribution in [2.24, 2.45) is 5.41 Å². The molecule has 1 atom stereocenters. The highest BCUT2D eigenvalue weighted by Gasteiger charge is 2.29. The quantitative estimate of drug-likeness (QED) is 0.218. The molecule has 0 saturated heterocycles. The predicted octanol–water partition coefficient (Wildman–Crippen LogP) is 8.32. The third-order valence-electron chi connectivity index (χ3n) is 6.39. The molecule has 0 aliphatic carbocycles. The Labute approximate surface area is 213 Å². The Morgan fingerprint density at radius 2 is 1.83 bits per heavy atom. The normalized spacial score (nSPS) is 13.5. The van der Waals surface area contributed by atoms with Gasteiger partial charge in [0.05, 0.1) is 11.0 Å². The summed E-state index contributed by atoms with van der Waals surface area (Å²) in [5.41, 5.74) is 5.78. The molecular formula is C33H40N2. The fourth-order valence-electron chi connectivity index (χ4n) is 4.06. The summed E-state index contributed by atoms with van der Waals surface area (Å²) >= 11 is 0. The lowest BCUT2D eigenvalue weighted by Crippen LogP contribution is -2.26. The zero-order valence-corrected chi connectivity index (χ0v) is 22.3. The van der Waals surface area contributed by atoms with Crippen LogP contribution in [0.4, 0.5) is 5.69 Å². The lowest BCUT2D eigenvalue weighted by atomic mass is 9.73. The second kappa shape index (κ2) is 12.8. The Hall–Kier alpha value is -3.49. The summed E-state index contributed by atoms with van der Waals surface area (Å²) in [6, 6.07) is 19.5. The van der Waals surface area contributed by atoms with Crippen molar-refractivity contribution < 1.29 is 0 Å². The molecule has 0 spiro atoms. The summed E-state index contributed by atoms with van der Waals surface area (Å²) < 4.78 is 0. The first-order valence-corrected chi connectivity index (χ1v) is 12.5. The maximum atomic E-state index is 9.87. The number of benzene rings is 2. The highest BCUT2D eigenvalue weighted by atomic mass is 14.9. The average molecular weight is 465 g/mol. The molecule has 0 amide bonds. The van der Waals surface area contributed by atoms with E-state index in [1.165, 1.54) is 16.7 Å². The number of hydrogen-bond donors (Lipinski definition) is 1. The van der Waals surface area contributed by atoms with Crippen LogP contribution in [0.1, 0.15) is 64.2 Å². The molecule has 0 saturated carbocycles. The van der Waals surface area contributed by atoms with Crippen LogP contribution in [0.3, 0.4) is 0 Å². The maximum Gasteiger partial charge on any atom is 0.108 e. The molecular weight excluding hydrogens is 424 g/mol. The molecule has 0 bridgehead atoms. The first kappa shape index (κ1) is 27.8. The van der Waals surface area contributed by atoms with Gasteiger partial charge in [0, 0.05) is 17.6 Å². The Balaban J connectivity index is 2.51. The van der Waals surface area contributed by atoms with Gasteiger partial charge < -0.3 is 5.32 Å². The first-order valence-electron chi connectivity index (χ1n) is 12.5. The lowest BCUT2D eigenvalue weighted by Gasteiger charge is -2.32. The molecule has 0 heterocycles. The van der Waals surface area contributed by atoms with Crippen molar-refractivity contribution in [3.63, 3.8) is 0 Å². The molecule has 0 aromatic heterocycles. The topological polar surface area (TPSA) is 35.8 Å². The van der Waals surface area contributed by atoms with Crippen molar-refractivity contribution in [3.8, 4) is 17.9 Å². The van der Waals surface area contributed by atoms with Crippen molar-refractivity contribution in [2.45, 2.75) is 66.2 Å². The van der Waals surface area contributed by atoms with Gasteiger partial charge in [0.15, 0.2) is 0 Å². The van der Waals surface area contributed by atoms with Crippen molar-refractivity contribution in [1.29, 1.82) is 5.26 Å². The number of nitrogens with one attached hydrogen (secondary N) is 1. The third kappa shape index (κ3) is 8.05. The maximum absolute atomic E-state index is 9.87. The van der Waals surface area contributed by atoms with E-state index >= 15 is 0 Å². The van der Waals surface area contributed by atoms with E-state index in [1.807, 2.05) is 45.1 Å². The number of hydrogen-bond acceptors (Lipinski definition) is 2. The largest absolute Gasteiger partial charge is 0.385 e. The van der Waals surface area contributed by atoms with Gasteiger partial charge in [0.2, 0.25) is 0 Å². The number of nitriles is 1. The van der Waals surface area contributed by atoms with Gasteiger partial charge >= 0.3 is 0 Å². The molecule has 2 heteroatoms. The Kier molecular flexibility index (Phi) is 10.2. The second-order valence-electron chi connectivity index (χ2n) is 10.0. The van der Waals surface area contributed by atoms with E-state index in [-0.39, 0.29) is 5.41 Å². The smallest absolute Gasteiger partial charge is 0.108 e. The summed E-state index contributed by atoms with van der Waals surface area (Å²) in [6.07, 6.45) is 8.59. The van der Waals surface area contributed by atoms with Crippen LogP contribution < -0.4 is 5.32 Å². The summed E-state index contributed by atoms with van der Waals surface area (Å²) in [5.74, 6) is 6.40. The SMILES string of the molecule is C=C(/C=C\C)C(C)(C)C#C/C(C#N)=C/CC(C)(Cc1ccccc1)c1cc(C)ccc1NCCC. The standard InChI is InChI=1S/C33H40N2/c1-8-13-27(4)32(5,6)20-18-29(25-34)19-21-33(7,24-28-14-11-10-12-15-28)30-23-26(3)16-17-31(30)35-22-9-2/h8,10-17,19,23,35H,4,9,21-22,24H2,1-3,5-7H3/b13-8-,29-19-. The van der Waals surface area contributed by atoms with Crippen LogP contribution in [0.2, 0.25) is 0 Å². The summed E-state index contributed by atoms with van der Waals surface area (Å²) in [6.45, 7) is 17.7. The molecule has 0 aliphatic rings. The van der Waals surface area contributed by atoms with Gasteiger partial charge in [-0.25, -0.2) is 0 Å². The molecule has 1 unspecified atom stereocenters. The Bertz CT molecular complexity index is 1160. The number of aryl methyl sites for hydroxylation is 1. The summed E-state index contributed by atoms with van der Waals surface area (Å²) in [5, 5.41) is 13.5. The van der Waals surface area contributed by atoms with E-state index in [0.717, 1.165) is 30.6 Å². The zero-order valence-electron chi connectivity index (χ0n) is 22.3. The van der Waals surface area contributed by atoms with Gasteiger partial charge in [-0.15, -0.1) is 0 Å². The van der Waals surface area contributed by atoms with E-state index in [1.54, 1.807) is 0 Å². The number of anilines is 1. The minimum atomic E-state index is -0.399.